The molecule has 0 saturated heterocycles. The molecule has 3 heteroatoms. The topological polar surface area (TPSA) is 33.0 Å². The van der Waals surface area contributed by atoms with Crippen molar-refractivity contribution in [3.63, 3.8) is 0 Å². The fraction of sp³-hybridized carbons (Fsp3) is 0.562. The summed E-state index contributed by atoms with van der Waals surface area (Å²) in [6.07, 6.45) is 1.38. The van der Waals surface area contributed by atoms with E-state index >= 15 is 0 Å². The van der Waals surface area contributed by atoms with Crippen molar-refractivity contribution in [2.24, 2.45) is 0 Å². The zero-order valence-corrected chi connectivity index (χ0v) is 13.7. The SMILES string of the molecule is CC(C)(C)[Si](C)(C)OC(C#N)CCc1ccccc1. The summed E-state index contributed by atoms with van der Waals surface area (Å²) in [6, 6.07) is 12.6. The first kappa shape index (κ1) is 15.9. The van der Waals surface area contributed by atoms with Crippen LogP contribution in [-0.4, -0.2) is 14.4 Å². The highest BCUT2D eigenvalue weighted by Gasteiger charge is 2.39. The lowest BCUT2D eigenvalue weighted by atomic mass is 10.1. The molecule has 0 radical (unpaired) electrons. The third kappa shape index (κ3) is 4.81. The van der Waals surface area contributed by atoms with Crippen molar-refractivity contribution in [3.05, 3.63) is 35.9 Å². The lowest BCUT2D eigenvalue weighted by Gasteiger charge is -2.37. The molecule has 1 unspecified atom stereocenters. The standard InChI is InChI=1S/C16H25NOSi/c1-16(2,3)19(4,5)18-15(13-17)12-11-14-9-7-6-8-10-14/h6-10,15H,11-12H2,1-5H3. The van der Waals surface area contributed by atoms with Crippen LogP contribution in [0.15, 0.2) is 30.3 Å². The summed E-state index contributed by atoms with van der Waals surface area (Å²) >= 11 is 0. The van der Waals surface area contributed by atoms with Crippen LogP contribution in [0, 0.1) is 11.3 Å². The van der Waals surface area contributed by atoms with Crippen LogP contribution < -0.4 is 0 Å². The van der Waals surface area contributed by atoms with E-state index in [4.69, 9.17) is 4.43 Å². The molecule has 0 aliphatic heterocycles. The Bertz CT molecular complexity index is 428. The highest BCUT2D eigenvalue weighted by Crippen LogP contribution is 2.37. The van der Waals surface area contributed by atoms with Gasteiger partial charge in [0.1, 0.15) is 6.10 Å². The smallest absolute Gasteiger partial charge is 0.193 e. The number of nitrogens with zero attached hydrogens (tertiary/aromatic N) is 1. The molecule has 0 fully saturated rings. The maximum absolute atomic E-state index is 9.28. The molecule has 0 aliphatic rings. The second-order valence-electron chi connectivity index (χ2n) is 6.52. The van der Waals surface area contributed by atoms with E-state index in [1.54, 1.807) is 0 Å². The Morgan fingerprint density at radius 3 is 2.26 bits per heavy atom. The molecular formula is C16H25NOSi. The fourth-order valence-electron chi connectivity index (χ4n) is 1.62. The van der Waals surface area contributed by atoms with E-state index in [1.807, 2.05) is 18.2 Å². The normalized spacial score (nSPS) is 13.9. The summed E-state index contributed by atoms with van der Waals surface area (Å²) in [7, 11) is -1.85. The van der Waals surface area contributed by atoms with Gasteiger partial charge in [0.2, 0.25) is 0 Å². The maximum atomic E-state index is 9.28. The molecular weight excluding hydrogens is 250 g/mol. The molecule has 0 aliphatic carbocycles. The second kappa shape index (κ2) is 6.36. The van der Waals surface area contributed by atoms with Gasteiger partial charge in [0, 0.05) is 0 Å². The highest BCUT2D eigenvalue weighted by molar-refractivity contribution is 6.74. The summed E-state index contributed by atoms with van der Waals surface area (Å²) < 4.78 is 6.15. The number of rotatable bonds is 5. The highest BCUT2D eigenvalue weighted by atomic mass is 28.4. The minimum atomic E-state index is -1.85. The predicted octanol–water partition coefficient (Wildman–Crippen LogP) is 4.53. The molecule has 0 spiro atoms. The summed E-state index contributed by atoms with van der Waals surface area (Å²) in [4.78, 5) is 0. The first-order valence-corrected chi connectivity index (χ1v) is 9.78. The molecule has 0 heterocycles. The molecule has 0 saturated carbocycles. The predicted molar refractivity (Wildman–Crippen MR) is 82.4 cm³/mol. The second-order valence-corrected chi connectivity index (χ2v) is 11.3. The Morgan fingerprint density at radius 1 is 1.21 bits per heavy atom. The molecule has 2 nitrogen and oxygen atoms in total. The van der Waals surface area contributed by atoms with Gasteiger partial charge in [-0.2, -0.15) is 5.26 Å². The van der Waals surface area contributed by atoms with E-state index < -0.39 is 8.32 Å². The lowest BCUT2D eigenvalue weighted by molar-refractivity contribution is 0.221. The average molecular weight is 275 g/mol. The van der Waals surface area contributed by atoms with Crippen LogP contribution in [0.1, 0.15) is 32.8 Å². The largest absolute Gasteiger partial charge is 0.401 e. The summed E-state index contributed by atoms with van der Waals surface area (Å²) in [5, 5.41) is 9.43. The van der Waals surface area contributed by atoms with Crippen LogP contribution in [0.25, 0.3) is 0 Å². The zero-order valence-electron chi connectivity index (χ0n) is 12.7. The number of hydrogen-bond donors (Lipinski definition) is 0. The lowest BCUT2D eigenvalue weighted by Crippen LogP contribution is -2.43. The van der Waals surface area contributed by atoms with Gasteiger partial charge >= 0.3 is 0 Å². The van der Waals surface area contributed by atoms with Gasteiger partial charge in [-0.1, -0.05) is 51.1 Å². The summed E-state index contributed by atoms with van der Waals surface area (Å²) in [6.45, 7) is 11.0. The van der Waals surface area contributed by atoms with Gasteiger partial charge in [0.25, 0.3) is 0 Å². The van der Waals surface area contributed by atoms with Gasteiger partial charge in [-0.3, -0.25) is 0 Å². The Morgan fingerprint density at radius 2 is 1.79 bits per heavy atom. The van der Waals surface area contributed by atoms with Crippen molar-refractivity contribution in [1.82, 2.24) is 0 Å². The van der Waals surface area contributed by atoms with E-state index in [9.17, 15) is 5.26 Å². The molecule has 104 valence electrons. The Hall–Kier alpha value is -1.11. The van der Waals surface area contributed by atoms with Crippen molar-refractivity contribution >= 4 is 8.32 Å². The van der Waals surface area contributed by atoms with Crippen molar-refractivity contribution in [3.8, 4) is 6.07 Å². The van der Waals surface area contributed by atoms with E-state index in [0.29, 0.717) is 0 Å². The van der Waals surface area contributed by atoms with Gasteiger partial charge in [-0.05, 0) is 36.5 Å². The van der Waals surface area contributed by atoms with Crippen molar-refractivity contribution in [1.29, 1.82) is 5.26 Å². The van der Waals surface area contributed by atoms with Crippen LogP contribution in [0.2, 0.25) is 18.1 Å². The van der Waals surface area contributed by atoms with Crippen LogP contribution >= 0.6 is 0 Å². The molecule has 1 aromatic carbocycles. The Labute approximate surface area is 118 Å². The molecule has 0 amide bonds. The Balaban J connectivity index is 2.59. The number of hydrogen-bond acceptors (Lipinski definition) is 2. The summed E-state index contributed by atoms with van der Waals surface area (Å²) in [5.41, 5.74) is 1.27. The van der Waals surface area contributed by atoms with Gasteiger partial charge in [0.05, 0.1) is 6.07 Å². The Kier molecular flexibility index (Phi) is 5.34. The van der Waals surface area contributed by atoms with Crippen molar-refractivity contribution in [2.45, 2.75) is 57.8 Å². The van der Waals surface area contributed by atoms with Crippen molar-refractivity contribution < 1.29 is 4.43 Å². The zero-order chi connectivity index (χ0) is 14.5. The fourth-order valence-corrected chi connectivity index (χ4v) is 2.86. The number of aryl methyl sites for hydroxylation is 1. The van der Waals surface area contributed by atoms with E-state index in [1.165, 1.54) is 5.56 Å². The molecule has 1 aromatic rings. The monoisotopic (exact) mass is 275 g/mol. The van der Waals surface area contributed by atoms with Gasteiger partial charge < -0.3 is 4.43 Å². The van der Waals surface area contributed by atoms with Crippen molar-refractivity contribution in [2.75, 3.05) is 0 Å². The van der Waals surface area contributed by atoms with Crippen LogP contribution in [0.4, 0.5) is 0 Å². The van der Waals surface area contributed by atoms with Crippen LogP contribution in [0.5, 0.6) is 0 Å². The van der Waals surface area contributed by atoms with Gasteiger partial charge in [0.15, 0.2) is 8.32 Å². The third-order valence-corrected chi connectivity index (χ3v) is 8.41. The van der Waals surface area contributed by atoms with Crippen LogP contribution in [-0.2, 0) is 10.8 Å². The van der Waals surface area contributed by atoms with E-state index in [0.717, 1.165) is 12.8 Å². The van der Waals surface area contributed by atoms with Crippen LogP contribution in [0.3, 0.4) is 0 Å². The molecule has 0 bridgehead atoms. The molecule has 1 atom stereocenters. The van der Waals surface area contributed by atoms with E-state index in [2.05, 4.69) is 52.1 Å². The maximum Gasteiger partial charge on any atom is 0.193 e. The quantitative estimate of drug-likeness (QED) is 0.739. The number of nitriles is 1. The molecule has 1 rings (SSSR count). The third-order valence-electron chi connectivity index (χ3n) is 3.93. The molecule has 0 aromatic heterocycles. The number of benzene rings is 1. The first-order valence-electron chi connectivity index (χ1n) is 6.87. The van der Waals surface area contributed by atoms with E-state index in [-0.39, 0.29) is 11.1 Å². The molecule has 0 N–H and O–H groups in total. The minimum absolute atomic E-state index is 0.148. The average Bonchev–Trinajstić information content (AvgIpc) is 2.34. The van der Waals surface area contributed by atoms with Gasteiger partial charge in [-0.25, -0.2) is 0 Å². The first-order chi connectivity index (χ1) is 8.76. The van der Waals surface area contributed by atoms with Gasteiger partial charge in [-0.15, -0.1) is 0 Å². The minimum Gasteiger partial charge on any atom is -0.401 e. The molecule has 19 heavy (non-hydrogen) atoms. The summed E-state index contributed by atoms with van der Waals surface area (Å²) in [5.74, 6) is 0.